The summed E-state index contributed by atoms with van der Waals surface area (Å²) in [6.07, 6.45) is 3.04. The van der Waals surface area contributed by atoms with Crippen molar-refractivity contribution in [1.29, 1.82) is 0 Å². The first kappa shape index (κ1) is 25.5. The third-order valence-electron chi connectivity index (χ3n) is 6.89. The fraction of sp³-hybridized carbons (Fsp3) is 0.520. The van der Waals surface area contributed by atoms with E-state index in [0.29, 0.717) is 44.0 Å². The second-order valence-electron chi connectivity index (χ2n) is 9.51. The zero-order valence-electron chi connectivity index (χ0n) is 20.5. The monoisotopic (exact) mass is 500 g/mol. The molecule has 1 amide bonds. The second kappa shape index (κ2) is 11.0. The molecule has 0 radical (unpaired) electrons. The van der Waals surface area contributed by atoms with Crippen molar-refractivity contribution in [3.63, 3.8) is 0 Å². The Labute approximate surface area is 211 Å². The summed E-state index contributed by atoms with van der Waals surface area (Å²) in [6, 6.07) is 6.96. The van der Waals surface area contributed by atoms with Gasteiger partial charge in [0, 0.05) is 50.9 Å². The van der Waals surface area contributed by atoms with Gasteiger partial charge in [-0.3, -0.25) is 4.79 Å². The molecule has 2 heterocycles. The SMILES string of the molecule is C[C@@H]1C[C@@H](O)c2ncnc(N3CCN(N(CC(=O)N(C)C)[C@@H](C=O)Cc4ccc(Cl)cc4)CC3)c21. The van der Waals surface area contributed by atoms with Crippen LogP contribution in [0.5, 0.6) is 0 Å². The van der Waals surface area contributed by atoms with Crippen LogP contribution in [-0.2, 0) is 16.0 Å². The third-order valence-corrected chi connectivity index (χ3v) is 7.14. The minimum atomic E-state index is -0.545. The normalized spacial score (nSPS) is 21.1. The number of aromatic nitrogens is 2. The minimum Gasteiger partial charge on any atom is -0.387 e. The summed E-state index contributed by atoms with van der Waals surface area (Å²) in [5, 5.41) is 15.0. The Hall–Kier alpha value is -2.59. The first-order chi connectivity index (χ1) is 16.8. The van der Waals surface area contributed by atoms with Gasteiger partial charge in [-0.2, -0.15) is 0 Å². The van der Waals surface area contributed by atoms with Crippen LogP contribution in [0, 0.1) is 0 Å². The Morgan fingerprint density at radius 3 is 2.51 bits per heavy atom. The van der Waals surface area contributed by atoms with E-state index in [2.05, 4.69) is 26.8 Å². The van der Waals surface area contributed by atoms with Crippen molar-refractivity contribution in [3.05, 3.63) is 52.4 Å². The molecule has 10 heteroatoms. The largest absolute Gasteiger partial charge is 0.387 e. The summed E-state index contributed by atoms with van der Waals surface area (Å²) < 4.78 is 0. The summed E-state index contributed by atoms with van der Waals surface area (Å²) >= 11 is 6.02. The van der Waals surface area contributed by atoms with Crippen LogP contribution in [0.15, 0.2) is 30.6 Å². The van der Waals surface area contributed by atoms with Gasteiger partial charge in [0.15, 0.2) is 0 Å². The van der Waals surface area contributed by atoms with Gasteiger partial charge in [0.2, 0.25) is 5.91 Å². The van der Waals surface area contributed by atoms with Crippen molar-refractivity contribution in [3.8, 4) is 0 Å². The van der Waals surface area contributed by atoms with Crippen LogP contribution in [0.1, 0.15) is 42.2 Å². The second-order valence-corrected chi connectivity index (χ2v) is 9.95. The molecule has 1 aliphatic heterocycles. The van der Waals surface area contributed by atoms with Crippen molar-refractivity contribution in [2.45, 2.75) is 37.8 Å². The fourth-order valence-electron chi connectivity index (χ4n) is 4.91. The van der Waals surface area contributed by atoms with Gasteiger partial charge in [-0.15, -0.1) is 0 Å². The molecule has 1 aromatic heterocycles. The molecule has 0 bridgehead atoms. The zero-order valence-corrected chi connectivity index (χ0v) is 21.2. The van der Waals surface area contributed by atoms with Crippen LogP contribution in [0.3, 0.4) is 0 Å². The first-order valence-corrected chi connectivity index (χ1v) is 12.4. The number of benzene rings is 1. The van der Waals surface area contributed by atoms with E-state index in [1.54, 1.807) is 19.0 Å². The van der Waals surface area contributed by atoms with Gasteiger partial charge in [-0.1, -0.05) is 30.7 Å². The average Bonchev–Trinajstić information content (AvgIpc) is 3.16. The lowest BCUT2D eigenvalue weighted by Gasteiger charge is -2.44. The molecular formula is C25H33ClN6O3. The van der Waals surface area contributed by atoms with Crippen LogP contribution in [-0.4, -0.2) is 95.0 Å². The zero-order chi connectivity index (χ0) is 25.1. The number of nitrogens with zero attached hydrogens (tertiary/aromatic N) is 6. The number of fused-ring (bicyclic) bond motifs is 1. The molecule has 0 saturated carbocycles. The number of aliphatic hydroxyl groups is 1. The highest BCUT2D eigenvalue weighted by molar-refractivity contribution is 6.30. The molecule has 3 atom stereocenters. The van der Waals surface area contributed by atoms with E-state index in [-0.39, 0.29) is 18.4 Å². The number of rotatable bonds is 8. The smallest absolute Gasteiger partial charge is 0.237 e. The lowest BCUT2D eigenvalue weighted by atomic mass is 10.1. The topological polar surface area (TPSA) is 93.1 Å². The number of carbonyl (C=O) groups is 2. The summed E-state index contributed by atoms with van der Waals surface area (Å²) in [5.41, 5.74) is 2.74. The number of aldehydes is 1. The van der Waals surface area contributed by atoms with Gasteiger partial charge in [0.25, 0.3) is 0 Å². The molecule has 1 saturated heterocycles. The molecule has 1 fully saturated rings. The minimum absolute atomic E-state index is 0.0631. The van der Waals surface area contributed by atoms with Crippen LogP contribution < -0.4 is 4.90 Å². The number of hydrogen-bond acceptors (Lipinski definition) is 8. The number of piperazine rings is 1. The molecule has 2 aliphatic rings. The predicted octanol–water partition coefficient (Wildman–Crippen LogP) is 1.91. The van der Waals surface area contributed by atoms with E-state index >= 15 is 0 Å². The summed E-state index contributed by atoms with van der Waals surface area (Å²) in [7, 11) is 3.44. The van der Waals surface area contributed by atoms with Crippen LogP contribution in [0.2, 0.25) is 5.02 Å². The Bertz CT molecular complexity index is 1040. The molecule has 0 spiro atoms. The molecule has 188 valence electrons. The standard InChI is InChI=1S/C25H33ClN6O3/c1-17-12-21(34)24-23(17)25(28-16-27-24)30-8-10-31(11-9-30)32(14-22(35)29(2)3)20(15-33)13-18-4-6-19(26)7-5-18/h4-7,15-17,20-21,34H,8-14H2,1-3H3/t17-,20-,21-/m1/s1. The van der Waals surface area contributed by atoms with Gasteiger partial charge < -0.3 is 19.7 Å². The number of halogens is 1. The van der Waals surface area contributed by atoms with Gasteiger partial charge in [-0.25, -0.2) is 20.0 Å². The van der Waals surface area contributed by atoms with Crippen molar-refractivity contribution < 1.29 is 14.7 Å². The number of carbonyl (C=O) groups excluding carboxylic acids is 2. The number of hydrogen-bond donors (Lipinski definition) is 1. The molecule has 0 unspecified atom stereocenters. The Kier molecular flexibility index (Phi) is 8.01. The molecule has 35 heavy (non-hydrogen) atoms. The van der Waals surface area contributed by atoms with Crippen molar-refractivity contribution in [2.75, 3.05) is 51.7 Å². The lowest BCUT2D eigenvalue weighted by Crippen LogP contribution is -2.59. The maximum atomic E-state index is 12.7. The average molecular weight is 501 g/mol. The van der Waals surface area contributed by atoms with Crippen LogP contribution in [0.4, 0.5) is 5.82 Å². The highest BCUT2D eigenvalue weighted by Gasteiger charge is 2.35. The summed E-state index contributed by atoms with van der Waals surface area (Å²) in [4.78, 5) is 37.5. The Morgan fingerprint density at radius 2 is 1.89 bits per heavy atom. The van der Waals surface area contributed by atoms with Gasteiger partial charge in [-0.05, 0) is 36.5 Å². The lowest BCUT2D eigenvalue weighted by molar-refractivity contribution is -0.142. The van der Waals surface area contributed by atoms with Crippen LogP contribution in [0.25, 0.3) is 0 Å². The highest BCUT2D eigenvalue weighted by atomic mass is 35.5. The van der Waals surface area contributed by atoms with E-state index < -0.39 is 12.1 Å². The number of likely N-dealkylation sites (N-methyl/N-ethyl adjacent to an activating group) is 1. The number of amides is 1. The Balaban J connectivity index is 1.51. The molecule has 1 aromatic carbocycles. The number of aliphatic hydroxyl groups excluding tert-OH is 1. The quantitative estimate of drug-likeness (QED) is 0.549. The molecule has 1 aliphatic carbocycles. The van der Waals surface area contributed by atoms with E-state index in [9.17, 15) is 14.7 Å². The van der Waals surface area contributed by atoms with Crippen molar-refractivity contribution in [2.24, 2.45) is 0 Å². The highest BCUT2D eigenvalue weighted by Crippen LogP contribution is 2.42. The van der Waals surface area contributed by atoms with Crippen molar-refractivity contribution >= 4 is 29.6 Å². The first-order valence-electron chi connectivity index (χ1n) is 12.0. The number of anilines is 1. The fourth-order valence-corrected chi connectivity index (χ4v) is 5.04. The van der Waals surface area contributed by atoms with E-state index in [1.807, 2.05) is 29.3 Å². The van der Waals surface area contributed by atoms with Gasteiger partial charge in [0.05, 0.1) is 24.4 Å². The molecule has 9 nitrogen and oxygen atoms in total. The van der Waals surface area contributed by atoms with E-state index in [4.69, 9.17) is 11.6 Å². The van der Waals surface area contributed by atoms with Crippen LogP contribution >= 0.6 is 11.6 Å². The molecular weight excluding hydrogens is 468 g/mol. The maximum Gasteiger partial charge on any atom is 0.237 e. The summed E-state index contributed by atoms with van der Waals surface area (Å²) in [6.45, 7) is 4.87. The number of hydrazine groups is 1. The predicted molar refractivity (Wildman–Crippen MR) is 134 cm³/mol. The van der Waals surface area contributed by atoms with Gasteiger partial charge >= 0.3 is 0 Å². The summed E-state index contributed by atoms with van der Waals surface area (Å²) in [5.74, 6) is 1.01. The Morgan fingerprint density at radius 1 is 1.20 bits per heavy atom. The molecule has 4 rings (SSSR count). The van der Waals surface area contributed by atoms with Crippen molar-refractivity contribution in [1.82, 2.24) is 24.9 Å². The maximum absolute atomic E-state index is 12.7. The van der Waals surface area contributed by atoms with E-state index in [0.717, 1.165) is 28.9 Å². The van der Waals surface area contributed by atoms with Gasteiger partial charge in [0.1, 0.15) is 18.4 Å². The van der Waals surface area contributed by atoms with E-state index in [1.165, 1.54) is 6.33 Å². The third kappa shape index (κ3) is 5.64. The molecule has 1 N–H and O–H groups in total. The molecule has 2 aromatic rings.